The van der Waals surface area contributed by atoms with Crippen molar-refractivity contribution in [3.8, 4) is 5.75 Å². The predicted octanol–water partition coefficient (Wildman–Crippen LogP) is 3.15. The Labute approximate surface area is 178 Å². The Balaban J connectivity index is 1.24. The third kappa shape index (κ3) is 4.88. The van der Waals surface area contributed by atoms with Crippen LogP contribution in [-0.2, 0) is 17.8 Å². The number of piperazine rings is 1. The van der Waals surface area contributed by atoms with E-state index in [1.807, 2.05) is 36.6 Å². The number of benzene rings is 1. The lowest BCUT2D eigenvalue weighted by atomic mass is 10.2. The van der Waals surface area contributed by atoms with Crippen molar-refractivity contribution < 1.29 is 18.7 Å². The number of amides is 2. The van der Waals surface area contributed by atoms with E-state index in [1.54, 1.807) is 21.9 Å². The maximum atomic E-state index is 12.6. The molecule has 2 aromatic heterocycles. The maximum absolute atomic E-state index is 12.6. The number of hydrogen-bond acceptors (Lipinski definition) is 6. The van der Waals surface area contributed by atoms with Crippen molar-refractivity contribution in [2.75, 3.05) is 26.2 Å². The van der Waals surface area contributed by atoms with E-state index >= 15 is 0 Å². The van der Waals surface area contributed by atoms with Gasteiger partial charge >= 0.3 is 0 Å². The molecule has 1 aliphatic rings. The third-order valence-electron chi connectivity index (χ3n) is 4.97. The lowest BCUT2D eigenvalue weighted by Crippen LogP contribution is -2.50. The quantitative estimate of drug-likeness (QED) is 0.606. The van der Waals surface area contributed by atoms with Gasteiger partial charge in [-0.25, -0.2) is 4.98 Å². The molecule has 1 aliphatic heterocycles. The van der Waals surface area contributed by atoms with Crippen LogP contribution in [-0.4, -0.2) is 52.8 Å². The standard InChI is InChI=1S/C22H23N3O4S/c1-16-4-6-18(7-5-16)29-14-20-23-17(15-30-20)13-21(26)24-8-10-25(11-9-24)22(27)19-3-2-12-28-19/h2-7,12,15H,8-11,13-14H2,1H3. The van der Waals surface area contributed by atoms with Gasteiger partial charge in [0.25, 0.3) is 5.91 Å². The van der Waals surface area contributed by atoms with E-state index in [1.165, 1.54) is 23.2 Å². The van der Waals surface area contributed by atoms with E-state index in [9.17, 15) is 9.59 Å². The molecule has 1 aromatic carbocycles. The minimum atomic E-state index is -0.134. The molecule has 7 nitrogen and oxygen atoms in total. The summed E-state index contributed by atoms with van der Waals surface area (Å²) in [5.74, 6) is 1.02. The zero-order valence-electron chi connectivity index (χ0n) is 16.7. The van der Waals surface area contributed by atoms with E-state index in [4.69, 9.17) is 9.15 Å². The molecule has 0 aliphatic carbocycles. The van der Waals surface area contributed by atoms with Crippen LogP contribution >= 0.6 is 11.3 Å². The Bertz CT molecular complexity index is 990. The maximum Gasteiger partial charge on any atom is 0.289 e. The second-order valence-corrected chi connectivity index (χ2v) is 8.10. The molecule has 8 heteroatoms. The second kappa shape index (κ2) is 9.13. The summed E-state index contributed by atoms with van der Waals surface area (Å²) in [6.45, 7) is 4.44. The van der Waals surface area contributed by atoms with Gasteiger partial charge < -0.3 is 19.0 Å². The summed E-state index contributed by atoms with van der Waals surface area (Å²) < 4.78 is 10.9. The number of aryl methyl sites for hydroxylation is 1. The molecule has 0 bridgehead atoms. The highest BCUT2D eigenvalue weighted by Crippen LogP contribution is 2.17. The summed E-state index contributed by atoms with van der Waals surface area (Å²) in [4.78, 5) is 33.0. The average Bonchev–Trinajstić information content (AvgIpc) is 3.45. The van der Waals surface area contributed by atoms with Crippen LogP contribution in [0.4, 0.5) is 0 Å². The van der Waals surface area contributed by atoms with Crippen LogP contribution in [0.25, 0.3) is 0 Å². The number of ether oxygens (including phenoxy) is 1. The van der Waals surface area contributed by atoms with Crippen molar-refractivity contribution in [1.29, 1.82) is 0 Å². The fraction of sp³-hybridized carbons (Fsp3) is 0.318. The summed E-state index contributed by atoms with van der Waals surface area (Å²) in [6.07, 6.45) is 1.74. The first-order chi connectivity index (χ1) is 14.6. The number of carbonyl (C=O) groups is 2. The minimum absolute atomic E-state index is 0.0244. The second-order valence-electron chi connectivity index (χ2n) is 7.16. The first-order valence-corrected chi connectivity index (χ1v) is 10.7. The van der Waals surface area contributed by atoms with E-state index in [0.717, 1.165) is 16.5 Å². The fourth-order valence-corrected chi connectivity index (χ4v) is 3.96. The number of furan rings is 1. The fourth-order valence-electron chi connectivity index (χ4n) is 3.26. The summed E-state index contributed by atoms with van der Waals surface area (Å²) in [5, 5.41) is 2.75. The molecule has 0 N–H and O–H groups in total. The van der Waals surface area contributed by atoms with Crippen LogP contribution in [0.1, 0.15) is 26.8 Å². The van der Waals surface area contributed by atoms with Crippen molar-refractivity contribution in [2.45, 2.75) is 20.0 Å². The van der Waals surface area contributed by atoms with Crippen LogP contribution in [0.2, 0.25) is 0 Å². The molecular formula is C22H23N3O4S. The topological polar surface area (TPSA) is 75.9 Å². The molecule has 156 valence electrons. The first kappa shape index (κ1) is 20.2. The molecule has 0 unspecified atom stereocenters. The van der Waals surface area contributed by atoms with Crippen LogP contribution in [0.3, 0.4) is 0 Å². The zero-order valence-corrected chi connectivity index (χ0v) is 17.6. The van der Waals surface area contributed by atoms with Gasteiger partial charge in [-0.15, -0.1) is 11.3 Å². The van der Waals surface area contributed by atoms with E-state index in [-0.39, 0.29) is 18.2 Å². The van der Waals surface area contributed by atoms with Crippen LogP contribution < -0.4 is 4.74 Å². The van der Waals surface area contributed by atoms with E-state index < -0.39 is 0 Å². The van der Waals surface area contributed by atoms with Gasteiger partial charge in [0.1, 0.15) is 17.4 Å². The molecule has 0 atom stereocenters. The molecule has 1 fully saturated rings. The highest BCUT2D eigenvalue weighted by atomic mass is 32.1. The predicted molar refractivity (Wildman–Crippen MR) is 113 cm³/mol. The van der Waals surface area contributed by atoms with Crippen molar-refractivity contribution in [1.82, 2.24) is 14.8 Å². The van der Waals surface area contributed by atoms with Gasteiger partial charge in [0.05, 0.1) is 18.4 Å². The highest BCUT2D eigenvalue weighted by Gasteiger charge is 2.26. The number of aromatic nitrogens is 1. The molecule has 30 heavy (non-hydrogen) atoms. The molecule has 0 radical (unpaired) electrons. The third-order valence-corrected chi connectivity index (χ3v) is 5.84. The highest BCUT2D eigenvalue weighted by molar-refractivity contribution is 7.09. The lowest BCUT2D eigenvalue weighted by molar-refractivity contribution is -0.132. The largest absolute Gasteiger partial charge is 0.486 e. The van der Waals surface area contributed by atoms with Gasteiger partial charge in [0.15, 0.2) is 5.76 Å². The Kier molecular flexibility index (Phi) is 6.13. The molecular weight excluding hydrogens is 402 g/mol. The van der Waals surface area contributed by atoms with Crippen molar-refractivity contribution in [3.05, 3.63) is 70.1 Å². The van der Waals surface area contributed by atoms with Gasteiger partial charge in [-0.05, 0) is 31.2 Å². The summed E-state index contributed by atoms with van der Waals surface area (Å²) >= 11 is 1.49. The Morgan fingerprint density at radius 3 is 2.53 bits per heavy atom. The normalized spacial score (nSPS) is 14.0. The van der Waals surface area contributed by atoms with Gasteiger partial charge in [0.2, 0.25) is 5.91 Å². The van der Waals surface area contributed by atoms with E-state index in [2.05, 4.69) is 4.98 Å². The summed E-state index contributed by atoms with van der Waals surface area (Å²) in [6, 6.07) is 11.2. The number of rotatable bonds is 6. The van der Waals surface area contributed by atoms with Crippen LogP contribution in [0.15, 0.2) is 52.5 Å². The molecule has 4 rings (SSSR count). The van der Waals surface area contributed by atoms with Gasteiger partial charge in [-0.2, -0.15) is 0 Å². The SMILES string of the molecule is Cc1ccc(OCc2nc(CC(=O)N3CCN(C(=O)c4ccco4)CC3)cs2)cc1. The average molecular weight is 426 g/mol. The number of thiazole rings is 1. The minimum Gasteiger partial charge on any atom is -0.486 e. The smallest absolute Gasteiger partial charge is 0.289 e. The molecule has 2 amide bonds. The number of carbonyl (C=O) groups excluding carboxylic acids is 2. The molecule has 0 spiro atoms. The van der Waals surface area contributed by atoms with Crippen LogP contribution in [0.5, 0.6) is 5.75 Å². The Morgan fingerprint density at radius 2 is 1.83 bits per heavy atom. The Morgan fingerprint density at radius 1 is 1.10 bits per heavy atom. The van der Waals surface area contributed by atoms with Crippen molar-refractivity contribution in [2.24, 2.45) is 0 Å². The van der Waals surface area contributed by atoms with Gasteiger partial charge in [-0.3, -0.25) is 9.59 Å². The van der Waals surface area contributed by atoms with Crippen molar-refractivity contribution >= 4 is 23.2 Å². The summed E-state index contributed by atoms with van der Waals surface area (Å²) in [7, 11) is 0. The van der Waals surface area contributed by atoms with Crippen molar-refractivity contribution in [3.63, 3.8) is 0 Å². The zero-order chi connectivity index (χ0) is 20.9. The monoisotopic (exact) mass is 425 g/mol. The molecule has 0 saturated carbocycles. The van der Waals surface area contributed by atoms with E-state index in [0.29, 0.717) is 38.5 Å². The first-order valence-electron chi connectivity index (χ1n) is 9.82. The Hall–Kier alpha value is -3.13. The van der Waals surface area contributed by atoms with Gasteiger partial charge in [-0.1, -0.05) is 17.7 Å². The van der Waals surface area contributed by atoms with Crippen LogP contribution in [0, 0.1) is 6.92 Å². The molecule has 3 heterocycles. The molecule has 3 aromatic rings. The summed E-state index contributed by atoms with van der Waals surface area (Å²) in [5.41, 5.74) is 1.94. The number of hydrogen-bond donors (Lipinski definition) is 0. The number of nitrogens with zero attached hydrogens (tertiary/aromatic N) is 3. The molecule has 1 saturated heterocycles. The lowest BCUT2D eigenvalue weighted by Gasteiger charge is -2.34. The van der Waals surface area contributed by atoms with Gasteiger partial charge in [0, 0.05) is 31.6 Å².